The van der Waals surface area contributed by atoms with E-state index < -0.39 is 5.91 Å². The molecule has 0 radical (unpaired) electrons. The Hall–Kier alpha value is -3.79. The molecule has 0 saturated carbocycles. The van der Waals surface area contributed by atoms with E-state index in [9.17, 15) is 14.9 Å². The maximum atomic E-state index is 12.4. The van der Waals surface area contributed by atoms with Crippen molar-refractivity contribution in [2.24, 2.45) is 0 Å². The van der Waals surface area contributed by atoms with E-state index in [1.54, 1.807) is 48.5 Å². The van der Waals surface area contributed by atoms with Crippen molar-refractivity contribution in [3.63, 3.8) is 0 Å². The highest BCUT2D eigenvalue weighted by molar-refractivity contribution is 6.08. The Balaban J connectivity index is 2.21. The highest BCUT2D eigenvalue weighted by atomic mass is 16.5. The standard InChI is InChI=1S/C20H20N4O3/c1-3-27-19-10-6-17(7-11-19)23-20(26)15(12-21)13-24(14(2)25)18-8-4-16(22)5-9-18/h4-11,13H,3,22H2,1-2H3,(H,23,26)/b15-13-. The summed E-state index contributed by atoms with van der Waals surface area (Å²) in [6.45, 7) is 3.76. The van der Waals surface area contributed by atoms with Gasteiger partial charge in [0.1, 0.15) is 17.4 Å². The zero-order chi connectivity index (χ0) is 19.8. The molecule has 7 nitrogen and oxygen atoms in total. The lowest BCUT2D eigenvalue weighted by Crippen LogP contribution is -2.25. The molecule has 0 aromatic heterocycles. The number of hydrogen-bond donors (Lipinski definition) is 2. The van der Waals surface area contributed by atoms with Crippen molar-refractivity contribution in [3.05, 3.63) is 60.3 Å². The number of carbonyl (C=O) groups excluding carboxylic acids is 2. The van der Waals surface area contributed by atoms with Gasteiger partial charge in [-0.2, -0.15) is 5.26 Å². The van der Waals surface area contributed by atoms with Gasteiger partial charge in [-0.1, -0.05) is 0 Å². The number of rotatable bonds is 6. The van der Waals surface area contributed by atoms with Crippen LogP contribution in [0.1, 0.15) is 13.8 Å². The molecule has 0 aliphatic heterocycles. The van der Waals surface area contributed by atoms with Gasteiger partial charge in [0.2, 0.25) is 5.91 Å². The van der Waals surface area contributed by atoms with Gasteiger partial charge in [-0.15, -0.1) is 0 Å². The van der Waals surface area contributed by atoms with Crippen LogP contribution in [0.2, 0.25) is 0 Å². The van der Waals surface area contributed by atoms with E-state index >= 15 is 0 Å². The molecule has 2 rings (SSSR count). The molecular formula is C20H20N4O3. The lowest BCUT2D eigenvalue weighted by molar-refractivity contribution is -0.116. The quantitative estimate of drug-likeness (QED) is 0.465. The van der Waals surface area contributed by atoms with E-state index in [0.717, 1.165) is 0 Å². The number of nitrogens with two attached hydrogens (primary N) is 1. The Morgan fingerprint density at radius 1 is 1.19 bits per heavy atom. The molecular weight excluding hydrogens is 344 g/mol. The maximum Gasteiger partial charge on any atom is 0.267 e. The molecule has 0 bridgehead atoms. The summed E-state index contributed by atoms with van der Waals surface area (Å²) in [5, 5.41) is 12.0. The van der Waals surface area contributed by atoms with Crippen molar-refractivity contribution in [1.82, 2.24) is 0 Å². The molecule has 0 unspecified atom stereocenters. The predicted molar refractivity (Wildman–Crippen MR) is 104 cm³/mol. The molecule has 0 saturated heterocycles. The van der Waals surface area contributed by atoms with E-state index in [1.807, 2.05) is 13.0 Å². The molecule has 0 atom stereocenters. The maximum absolute atomic E-state index is 12.4. The van der Waals surface area contributed by atoms with E-state index in [1.165, 1.54) is 18.0 Å². The minimum atomic E-state index is -0.622. The van der Waals surface area contributed by atoms with Crippen LogP contribution in [0, 0.1) is 11.3 Å². The summed E-state index contributed by atoms with van der Waals surface area (Å²) in [5.74, 6) is -0.289. The Morgan fingerprint density at radius 3 is 2.33 bits per heavy atom. The summed E-state index contributed by atoms with van der Waals surface area (Å²) in [7, 11) is 0. The third-order valence-corrected chi connectivity index (χ3v) is 3.56. The molecule has 0 spiro atoms. The van der Waals surface area contributed by atoms with Crippen LogP contribution in [0.25, 0.3) is 0 Å². The van der Waals surface area contributed by atoms with Gasteiger partial charge in [0, 0.05) is 30.2 Å². The molecule has 7 heteroatoms. The second-order valence-corrected chi connectivity index (χ2v) is 5.55. The lowest BCUT2D eigenvalue weighted by Gasteiger charge is -2.17. The van der Waals surface area contributed by atoms with Gasteiger partial charge in [-0.25, -0.2) is 0 Å². The van der Waals surface area contributed by atoms with E-state index in [2.05, 4.69) is 5.32 Å². The molecule has 0 heterocycles. The Labute approximate surface area is 157 Å². The van der Waals surface area contributed by atoms with Crippen molar-refractivity contribution in [1.29, 1.82) is 5.26 Å². The van der Waals surface area contributed by atoms with Gasteiger partial charge in [-0.05, 0) is 55.5 Å². The molecule has 0 aliphatic carbocycles. The van der Waals surface area contributed by atoms with Crippen molar-refractivity contribution in [3.8, 4) is 11.8 Å². The first-order valence-electron chi connectivity index (χ1n) is 8.26. The molecule has 0 fully saturated rings. The summed E-state index contributed by atoms with van der Waals surface area (Å²) < 4.78 is 5.34. The van der Waals surface area contributed by atoms with Crippen LogP contribution in [0.4, 0.5) is 17.1 Å². The number of amides is 2. The van der Waals surface area contributed by atoms with Crippen LogP contribution in [0.15, 0.2) is 60.3 Å². The number of benzene rings is 2. The van der Waals surface area contributed by atoms with Crippen LogP contribution in [0.3, 0.4) is 0 Å². The normalized spacial score (nSPS) is 10.6. The molecule has 2 aromatic rings. The van der Waals surface area contributed by atoms with E-state index in [-0.39, 0.29) is 11.5 Å². The van der Waals surface area contributed by atoms with Crippen LogP contribution >= 0.6 is 0 Å². The SMILES string of the molecule is CCOc1ccc(NC(=O)/C(C#N)=C\N(C(C)=O)c2ccc(N)cc2)cc1. The van der Waals surface area contributed by atoms with E-state index in [4.69, 9.17) is 10.5 Å². The zero-order valence-corrected chi connectivity index (χ0v) is 15.1. The van der Waals surface area contributed by atoms with Crippen LogP contribution in [-0.2, 0) is 9.59 Å². The molecule has 0 aliphatic rings. The van der Waals surface area contributed by atoms with Gasteiger partial charge >= 0.3 is 0 Å². The van der Waals surface area contributed by atoms with Crippen molar-refractivity contribution >= 4 is 28.9 Å². The minimum absolute atomic E-state index is 0.212. The Kier molecular flexibility index (Phi) is 6.55. The van der Waals surface area contributed by atoms with Gasteiger partial charge in [0.25, 0.3) is 5.91 Å². The second kappa shape index (κ2) is 9.06. The molecule has 2 aromatic carbocycles. The third-order valence-electron chi connectivity index (χ3n) is 3.56. The van der Waals surface area contributed by atoms with Gasteiger partial charge in [0.05, 0.1) is 6.61 Å². The van der Waals surface area contributed by atoms with Gasteiger partial charge in [-0.3, -0.25) is 14.5 Å². The van der Waals surface area contributed by atoms with Crippen LogP contribution < -0.4 is 20.7 Å². The fourth-order valence-electron chi connectivity index (χ4n) is 2.25. The summed E-state index contributed by atoms with van der Waals surface area (Å²) in [4.78, 5) is 25.6. The number of anilines is 3. The third kappa shape index (κ3) is 5.34. The largest absolute Gasteiger partial charge is 0.494 e. The topological polar surface area (TPSA) is 108 Å². The average Bonchev–Trinajstić information content (AvgIpc) is 2.65. The summed E-state index contributed by atoms with van der Waals surface area (Å²) >= 11 is 0. The smallest absolute Gasteiger partial charge is 0.267 e. The highest BCUT2D eigenvalue weighted by Crippen LogP contribution is 2.19. The molecule has 138 valence electrons. The number of nitrogens with zero attached hydrogens (tertiary/aromatic N) is 2. The molecule has 27 heavy (non-hydrogen) atoms. The first kappa shape index (κ1) is 19.5. The number of nitrogen functional groups attached to an aromatic ring is 1. The first-order valence-corrected chi connectivity index (χ1v) is 8.26. The summed E-state index contributed by atoms with van der Waals surface area (Å²) in [5.41, 5.74) is 6.98. The Bertz CT molecular complexity index is 881. The predicted octanol–water partition coefficient (Wildman–Crippen LogP) is 3.07. The number of ether oxygens (including phenoxy) is 1. The highest BCUT2D eigenvalue weighted by Gasteiger charge is 2.15. The van der Waals surface area contributed by atoms with Gasteiger partial charge in [0.15, 0.2) is 0 Å². The first-order chi connectivity index (χ1) is 12.9. The van der Waals surface area contributed by atoms with Gasteiger partial charge < -0.3 is 15.8 Å². The summed E-state index contributed by atoms with van der Waals surface area (Å²) in [6, 6.07) is 15.1. The molecule has 3 N–H and O–H groups in total. The van der Waals surface area contributed by atoms with Crippen LogP contribution in [0.5, 0.6) is 5.75 Å². The monoisotopic (exact) mass is 364 g/mol. The number of hydrogen-bond acceptors (Lipinski definition) is 5. The van der Waals surface area contributed by atoms with Crippen LogP contribution in [-0.4, -0.2) is 18.4 Å². The number of nitrogens with one attached hydrogen (secondary N) is 1. The number of nitriles is 1. The number of carbonyl (C=O) groups is 2. The van der Waals surface area contributed by atoms with Crippen molar-refractivity contribution in [2.45, 2.75) is 13.8 Å². The lowest BCUT2D eigenvalue weighted by atomic mass is 10.2. The second-order valence-electron chi connectivity index (χ2n) is 5.55. The Morgan fingerprint density at radius 2 is 1.81 bits per heavy atom. The fourth-order valence-corrected chi connectivity index (χ4v) is 2.25. The molecule has 2 amide bonds. The van der Waals surface area contributed by atoms with Crippen molar-refractivity contribution < 1.29 is 14.3 Å². The summed E-state index contributed by atoms with van der Waals surface area (Å²) in [6.07, 6.45) is 1.21. The van der Waals surface area contributed by atoms with Crippen molar-refractivity contribution in [2.75, 3.05) is 22.6 Å². The van der Waals surface area contributed by atoms with E-state index in [0.29, 0.717) is 29.4 Å². The minimum Gasteiger partial charge on any atom is -0.494 e. The zero-order valence-electron chi connectivity index (χ0n) is 15.1. The average molecular weight is 364 g/mol. The fraction of sp³-hybridized carbons (Fsp3) is 0.150.